The number of ether oxygens (including phenoxy) is 1. The van der Waals surface area contributed by atoms with Gasteiger partial charge in [0.05, 0.1) is 6.04 Å². The van der Waals surface area contributed by atoms with Crippen LogP contribution >= 0.6 is 0 Å². The molecule has 1 aromatic carbocycles. The van der Waals surface area contributed by atoms with Crippen molar-refractivity contribution in [1.82, 2.24) is 4.98 Å². The molecule has 5 N–H and O–H groups in total. The average Bonchev–Trinajstić information content (AvgIpc) is 2.76. The van der Waals surface area contributed by atoms with Crippen LogP contribution in [0.1, 0.15) is 12.5 Å². The van der Waals surface area contributed by atoms with Crippen LogP contribution in [0.5, 0.6) is 0 Å². The van der Waals surface area contributed by atoms with E-state index in [0.717, 1.165) is 5.56 Å². The molecule has 3 atom stereocenters. The molecule has 0 aliphatic carbocycles. The Morgan fingerprint density at radius 1 is 1.12 bits per heavy atom. The number of nitrogens with two attached hydrogens (primary N) is 1. The zero-order valence-electron chi connectivity index (χ0n) is 16.8. The van der Waals surface area contributed by atoms with Gasteiger partial charge in [-0.2, -0.15) is 13.2 Å². The maximum atomic E-state index is 12.4. The van der Waals surface area contributed by atoms with Crippen molar-refractivity contribution in [1.29, 1.82) is 0 Å². The molecule has 0 saturated carbocycles. The Morgan fingerprint density at radius 2 is 1.69 bits per heavy atom. The molecule has 0 spiro atoms. The number of halogens is 3. The summed E-state index contributed by atoms with van der Waals surface area (Å²) in [7, 11) is 0. The number of hydrogen-bond acceptors (Lipinski definition) is 8. The fraction of sp³-hybridized carbons (Fsp3) is 0.300. The third-order valence-electron chi connectivity index (χ3n) is 3.74. The molecule has 9 nitrogen and oxygen atoms in total. The number of rotatable bonds is 8. The highest BCUT2D eigenvalue weighted by atomic mass is 19.4. The highest BCUT2D eigenvalue weighted by molar-refractivity contribution is 5.94. The molecule has 0 aliphatic rings. The zero-order chi connectivity index (χ0) is 24.3. The smallest absolute Gasteiger partial charge is 0.475 e. The maximum absolute atomic E-state index is 12.4. The summed E-state index contributed by atoms with van der Waals surface area (Å²) < 4.78 is 37.0. The standard InChI is InChI=1S/C18H21N3O4.C2HF3O2/c1-12(19)16(22)17(23)15(21-14-9-5-6-10-20-14)18(24)25-11-13-7-3-2-4-8-13;3-2(4,5)1(6)7/h2-10,12,15,17,23H,11,19H2,1H3,(H,20,21);(H,6,7)/t12-,15-,17?;/m0./s1. The number of nitrogens with zero attached hydrogens (tertiary/aromatic N) is 1. The highest BCUT2D eigenvalue weighted by Gasteiger charge is 2.38. The molecule has 2 rings (SSSR count). The minimum absolute atomic E-state index is 0.0269. The summed E-state index contributed by atoms with van der Waals surface area (Å²) in [6.07, 6.45) is -5.21. The Labute approximate surface area is 181 Å². The van der Waals surface area contributed by atoms with Gasteiger partial charge in [-0.05, 0) is 24.6 Å². The molecule has 1 heterocycles. The molecule has 0 saturated heterocycles. The lowest BCUT2D eigenvalue weighted by molar-refractivity contribution is -0.192. The van der Waals surface area contributed by atoms with Crippen molar-refractivity contribution >= 4 is 23.5 Å². The lowest BCUT2D eigenvalue weighted by Crippen LogP contribution is -2.50. The van der Waals surface area contributed by atoms with Crippen LogP contribution in [-0.4, -0.2) is 57.3 Å². The summed E-state index contributed by atoms with van der Waals surface area (Å²) in [6.45, 7) is 1.47. The molecule has 0 aliphatic heterocycles. The van der Waals surface area contributed by atoms with E-state index in [1.54, 1.807) is 30.3 Å². The zero-order valence-corrected chi connectivity index (χ0v) is 16.8. The van der Waals surface area contributed by atoms with Crippen LogP contribution in [0, 0.1) is 0 Å². The number of aliphatic carboxylic acids is 1. The number of aromatic nitrogens is 1. The van der Waals surface area contributed by atoms with Gasteiger partial charge in [0.15, 0.2) is 11.8 Å². The first kappa shape index (κ1) is 26.5. The highest BCUT2D eigenvalue weighted by Crippen LogP contribution is 2.13. The van der Waals surface area contributed by atoms with Gasteiger partial charge in [0.1, 0.15) is 18.5 Å². The number of hydrogen-bond donors (Lipinski definition) is 4. The van der Waals surface area contributed by atoms with Crippen molar-refractivity contribution in [2.75, 3.05) is 5.32 Å². The first-order valence-corrected chi connectivity index (χ1v) is 9.09. The van der Waals surface area contributed by atoms with Crippen LogP contribution in [0.2, 0.25) is 0 Å². The Bertz CT molecular complexity index is 879. The van der Waals surface area contributed by atoms with Crippen LogP contribution in [0.15, 0.2) is 54.7 Å². The lowest BCUT2D eigenvalue weighted by atomic mass is 10.0. The summed E-state index contributed by atoms with van der Waals surface area (Å²) in [6, 6.07) is 11.9. The largest absolute Gasteiger partial charge is 0.490 e. The van der Waals surface area contributed by atoms with E-state index in [9.17, 15) is 27.9 Å². The summed E-state index contributed by atoms with van der Waals surface area (Å²) in [4.78, 5) is 37.4. The van der Waals surface area contributed by atoms with E-state index in [1.165, 1.54) is 13.1 Å². The predicted octanol–water partition coefficient (Wildman–Crippen LogP) is 1.52. The van der Waals surface area contributed by atoms with E-state index in [0.29, 0.717) is 5.82 Å². The fourth-order valence-corrected chi connectivity index (χ4v) is 2.13. The van der Waals surface area contributed by atoms with Crippen molar-refractivity contribution in [3.8, 4) is 0 Å². The van der Waals surface area contributed by atoms with Gasteiger partial charge in [0, 0.05) is 6.20 Å². The van der Waals surface area contributed by atoms with E-state index in [2.05, 4.69) is 10.3 Å². The number of anilines is 1. The number of esters is 1. The normalized spacial score (nSPS) is 13.6. The number of Topliss-reactive ketones (excluding diaryl/α,β-unsaturated/α-hetero) is 1. The number of nitrogens with one attached hydrogen (secondary N) is 1. The Kier molecular flexibility index (Phi) is 10.3. The van der Waals surface area contributed by atoms with Crippen molar-refractivity contribution < 1.29 is 42.5 Å². The fourth-order valence-electron chi connectivity index (χ4n) is 2.13. The molecule has 0 bridgehead atoms. The van der Waals surface area contributed by atoms with Gasteiger partial charge in [-0.15, -0.1) is 0 Å². The molecule has 2 aromatic rings. The molecule has 0 radical (unpaired) electrons. The Balaban J connectivity index is 0.000000633. The topological polar surface area (TPSA) is 152 Å². The lowest BCUT2D eigenvalue weighted by Gasteiger charge is -2.23. The predicted molar refractivity (Wildman–Crippen MR) is 106 cm³/mol. The van der Waals surface area contributed by atoms with E-state index in [1.807, 2.05) is 18.2 Å². The third kappa shape index (κ3) is 9.10. The second-order valence-corrected chi connectivity index (χ2v) is 6.37. The van der Waals surface area contributed by atoms with E-state index in [4.69, 9.17) is 20.4 Å². The number of aliphatic hydroxyl groups is 1. The van der Waals surface area contributed by atoms with E-state index in [-0.39, 0.29) is 6.61 Å². The maximum Gasteiger partial charge on any atom is 0.490 e. The molecule has 0 fully saturated rings. The van der Waals surface area contributed by atoms with Gasteiger partial charge in [-0.1, -0.05) is 36.4 Å². The van der Waals surface area contributed by atoms with Gasteiger partial charge in [0.25, 0.3) is 0 Å². The second-order valence-electron chi connectivity index (χ2n) is 6.37. The van der Waals surface area contributed by atoms with Crippen molar-refractivity contribution in [2.24, 2.45) is 5.73 Å². The average molecular weight is 457 g/mol. The van der Waals surface area contributed by atoms with Crippen LogP contribution in [0.3, 0.4) is 0 Å². The second kappa shape index (κ2) is 12.4. The van der Waals surface area contributed by atoms with Crippen molar-refractivity contribution in [2.45, 2.75) is 37.9 Å². The molecular weight excluding hydrogens is 435 g/mol. The van der Waals surface area contributed by atoms with Gasteiger partial charge in [-0.3, -0.25) is 4.79 Å². The minimum Gasteiger partial charge on any atom is -0.475 e. The number of benzene rings is 1. The number of carbonyl (C=O) groups excluding carboxylic acids is 2. The number of ketones is 1. The van der Waals surface area contributed by atoms with Gasteiger partial charge >= 0.3 is 18.1 Å². The van der Waals surface area contributed by atoms with Gasteiger partial charge in [0.2, 0.25) is 0 Å². The number of carboxylic acids is 1. The van der Waals surface area contributed by atoms with Crippen molar-refractivity contribution in [3.05, 3.63) is 60.3 Å². The molecule has 12 heteroatoms. The Hall–Kier alpha value is -3.51. The third-order valence-corrected chi connectivity index (χ3v) is 3.74. The van der Waals surface area contributed by atoms with Crippen molar-refractivity contribution in [3.63, 3.8) is 0 Å². The first-order valence-electron chi connectivity index (χ1n) is 9.09. The first-order chi connectivity index (χ1) is 14.9. The van der Waals surface area contributed by atoms with E-state index >= 15 is 0 Å². The SMILES string of the molecule is C[C@H](N)C(=O)C(O)[C@H](Nc1ccccn1)C(=O)OCc1ccccc1.O=C(O)C(F)(F)F. The van der Waals surface area contributed by atoms with Crippen LogP contribution in [-0.2, 0) is 25.7 Å². The van der Waals surface area contributed by atoms with Crippen LogP contribution in [0.4, 0.5) is 19.0 Å². The Morgan fingerprint density at radius 3 is 2.16 bits per heavy atom. The summed E-state index contributed by atoms with van der Waals surface area (Å²) in [5, 5.41) is 20.1. The van der Waals surface area contributed by atoms with Crippen LogP contribution < -0.4 is 11.1 Å². The molecular formula is C20H22F3N3O6. The summed E-state index contributed by atoms with van der Waals surface area (Å²) in [5.41, 5.74) is 6.32. The summed E-state index contributed by atoms with van der Waals surface area (Å²) in [5.74, 6) is -3.85. The molecule has 1 aromatic heterocycles. The van der Waals surface area contributed by atoms with Gasteiger partial charge in [-0.25, -0.2) is 14.6 Å². The van der Waals surface area contributed by atoms with E-state index < -0.39 is 42.1 Å². The minimum atomic E-state index is -5.08. The van der Waals surface area contributed by atoms with Crippen LogP contribution in [0.25, 0.3) is 0 Å². The monoisotopic (exact) mass is 457 g/mol. The number of carbonyl (C=O) groups is 3. The molecule has 0 amide bonds. The number of aliphatic hydroxyl groups excluding tert-OH is 1. The van der Waals surface area contributed by atoms with Gasteiger partial charge < -0.3 is 26.0 Å². The number of pyridine rings is 1. The molecule has 32 heavy (non-hydrogen) atoms. The summed E-state index contributed by atoms with van der Waals surface area (Å²) >= 11 is 0. The molecule has 174 valence electrons. The molecule has 1 unspecified atom stereocenters. The number of carboxylic acid groups (broad SMARTS) is 1. The quantitative estimate of drug-likeness (QED) is 0.432. The number of alkyl halides is 3.